The van der Waals surface area contributed by atoms with Gasteiger partial charge in [0.25, 0.3) is 0 Å². The molecular weight excluding hydrogens is 362 g/mol. The average molecular weight is 392 g/mol. The molecule has 1 heterocycles. The van der Waals surface area contributed by atoms with Crippen molar-refractivity contribution in [3.63, 3.8) is 0 Å². The Labute approximate surface area is 161 Å². The summed E-state index contributed by atoms with van der Waals surface area (Å²) in [7, 11) is -2.05. The van der Waals surface area contributed by atoms with Gasteiger partial charge < -0.3 is 13.9 Å². The summed E-state index contributed by atoms with van der Waals surface area (Å²) in [5.41, 5.74) is 9.41. The third kappa shape index (κ3) is 5.32. The SMILES string of the molecule is C[C@@H]1O[C@H](O[Si](C)(C)C(C)(C)C)C[C@@H](N=[N+]=[N-])[C@H]1OC(=O)c1ccccc1. The zero-order chi connectivity index (χ0) is 20.2. The third-order valence-corrected chi connectivity index (χ3v) is 9.79. The van der Waals surface area contributed by atoms with E-state index < -0.39 is 38.8 Å². The number of benzene rings is 1. The first-order valence-corrected chi connectivity index (χ1v) is 12.1. The van der Waals surface area contributed by atoms with E-state index in [4.69, 9.17) is 19.4 Å². The second kappa shape index (κ2) is 8.44. The van der Waals surface area contributed by atoms with Gasteiger partial charge in [0.2, 0.25) is 0 Å². The van der Waals surface area contributed by atoms with Gasteiger partial charge in [-0.3, -0.25) is 0 Å². The fraction of sp³-hybridized carbons (Fsp3) is 0.632. The summed E-state index contributed by atoms with van der Waals surface area (Å²) in [5.74, 6) is -0.460. The molecule has 0 aliphatic carbocycles. The maximum atomic E-state index is 12.4. The van der Waals surface area contributed by atoms with Crippen molar-refractivity contribution >= 4 is 14.3 Å². The van der Waals surface area contributed by atoms with E-state index in [2.05, 4.69) is 43.9 Å². The highest BCUT2D eigenvalue weighted by Gasteiger charge is 2.44. The Kier molecular flexibility index (Phi) is 6.70. The minimum Gasteiger partial charge on any atom is -0.456 e. The quantitative estimate of drug-likeness (QED) is 0.231. The predicted molar refractivity (Wildman–Crippen MR) is 106 cm³/mol. The molecule has 0 amide bonds. The number of ether oxygens (including phenoxy) is 2. The monoisotopic (exact) mass is 391 g/mol. The van der Waals surface area contributed by atoms with Gasteiger partial charge in [-0.2, -0.15) is 0 Å². The fourth-order valence-electron chi connectivity index (χ4n) is 2.72. The highest BCUT2D eigenvalue weighted by Crippen LogP contribution is 2.39. The molecule has 2 rings (SSSR count). The van der Waals surface area contributed by atoms with Crippen molar-refractivity contribution in [3.05, 3.63) is 46.3 Å². The number of rotatable bonds is 5. The van der Waals surface area contributed by atoms with Gasteiger partial charge in [0, 0.05) is 11.3 Å². The largest absolute Gasteiger partial charge is 0.456 e. The van der Waals surface area contributed by atoms with Crippen LogP contribution in [0, 0.1) is 0 Å². The number of hydrogen-bond donors (Lipinski definition) is 0. The molecule has 0 saturated carbocycles. The molecule has 0 radical (unpaired) electrons. The molecular formula is C19H29N3O4Si. The van der Waals surface area contributed by atoms with Crippen molar-refractivity contribution in [3.8, 4) is 0 Å². The lowest BCUT2D eigenvalue weighted by atomic mass is 10.00. The summed E-state index contributed by atoms with van der Waals surface area (Å²) in [5, 5.41) is 3.90. The molecule has 1 aliphatic rings. The predicted octanol–water partition coefficient (Wildman–Crippen LogP) is 5.05. The average Bonchev–Trinajstić information content (AvgIpc) is 2.57. The third-order valence-electron chi connectivity index (χ3n) is 5.33. The van der Waals surface area contributed by atoms with Crippen LogP contribution in [0.1, 0.15) is 44.5 Å². The van der Waals surface area contributed by atoms with Crippen LogP contribution in [0.4, 0.5) is 0 Å². The van der Waals surface area contributed by atoms with Crippen LogP contribution in [0.25, 0.3) is 10.4 Å². The summed E-state index contributed by atoms with van der Waals surface area (Å²) >= 11 is 0. The van der Waals surface area contributed by atoms with Crippen molar-refractivity contribution in [2.75, 3.05) is 0 Å². The number of carbonyl (C=O) groups excluding carboxylic acids is 1. The van der Waals surface area contributed by atoms with E-state index >= 15 is 0 Å². The molecule has 1 aromatic rings. The van der Waals surface area contributed by atoms with E-state index in [0.29, 0.717) is 12.0 Å². The van der Waals surface area contributed by atoms with Gasteiger partial charge in [0.05, 0.1) is 17.7 Å². The Balaban J connectivity index is 2.13. The second-order valence-corrected chi connectivity index (χ2v) is 13.1. The lowest BCUT2D eigenvalue weighted by molar-refractivity contribution is -0.191. The molecule has 0 bridgehead atoms. The number of hydrogen-bond acceptors (Lipinski definition) is 5. The molecule has 0 spiro atoms. The zero-order valence-electron chi connectivity index (χ0n) is 16.9. The van der Waals surface area contributed by atoms with Gasteiger partial charge in [-0.05, 0) is 42.7 Å². The molecule has 8 heteroatoms. The van der Waals surface area contributed by atoms with Crippen LogP contribution in [0.3, 0.4) is 0 Å². The number of esters is 1. The van der Waals surface area contributed by atoms with E-state index in [1.807, 2.05) is 13.0 Å². The summed E-state index contributed by atoms with van der Waals surface area (Å²) < 4.78 is 17.9. The Morgan fingerprint density at radius 2 is 1.93 bits per heavy atom. The summed E-state index contributed by atoms with van der Waals surface area (Å²) in [4.78, 5) is 15.4. The molecule has 7 nitrogen and oxygen atoms in total. The Morgan fingerprint density at radius 3 is 2.48 bits per heavy atom. The maximum absolute atomic E-state index is 12.4. The smallest absolute Gasteiger partial charge is 0.338 e. The second-order valence-electron chi connectivity index (χ2n) is 8.39. The van der Waals surface area contributed by atoms with Crippen LogP contribution >= 0.6 is 0 Å². The van der Waals surface area contributed by atoms with Gasteiger partial charge >= 0.3 is 5.97 Å². The zero-order valence-corrected chi connectivity index (χ0v) is 17.9. The standard InChI is InChI=1S/C19H29N3O4Si/c1-13-17(25-18(23)14-10-8-7-9-11-14)15(21-22-20)12-16(24-13)26-27(5,6)19(2,3)4/h7-11,13,15-17H,12H2,1-6H3/t13-,15+,16+,17-/m0/s1. The first-order valence-electron chi connectivity index (χ1n) is 9.18. The number of azide groups is 1. The molecule has 27 heavy (non-hydrogen) atoms. The molecule has 1 aliphatic heterocycles. The Bertz CT molecular complexity index is 699. The molecule has 1 saturated heterocycles. The Hall–Kier alpha value is -1.86. The molecule has 148 valence electrons. The number of carbonyl (C=O) groups is 1. The van der Waals surface area contributed by atoms with Crippen LogP contribution in [0.15, 0.2) is 35.4 Å². The van der Waals surface area contributed by atoms with Gasteiger partial charge in [-0.1, -0.05) is 44.1 Å². The molecule has 1 fully saturated rings. The van der Waals surface area contributed by atoms with Crippen molar-refractivity contribution in [2.45, 2.75) is 76.8 Å². The minimum atomic E-state index is -2.05. The summed E-state index contributed by atoms with van der Waals surface area (Å²) in [6, 6.07) is 8.19. The van der Waals surface area contributed by atoms with E-state index in [1.165, 1.54) is 0 Å². The molecule has 0 N–H and O–H groups in total. The van der Waals surface area contributed by atoms with E-state index in [9.17, 15) is 4.79 Å². The highest BCUT2D eigenvalue weighted by molar-refractivity contribution is 6.74. The van der Waals surface area contributed by atoms with Gasteiger partial charge in [-0.15, -0.1) is 0 Å². The van der Waals surface area contributed by atoms with Crippen LogP contribution in [-0.2, 0) is 13.9 Å². The van der Waals surface area contributed by atoms with Gasteiger partial charge in [0.1, 0.15) is 12.4 Å². The first-order chi connectivity index (χ1) is 12.5. The lowest BCUT2D eigenvalue weighted by Crippen LogP contribution is -2.53. The fourth-order valence-corrected chi connectivity index (χ4v) is 3.88. The van der Waals surface area contributed by atoms with E-state index in [-0.39, 0.29) is 5.04 Å². The van der Waals surface area contributed by atoms with Gasteiger partial charge in [0.15, 0.2) is 8.32 Å². The van der Waals surface area contributed by atoms with Crippen LogP contribution in [0.5, 0.6) is 0 Å². The normalized spacial score (nSPS) is 26.1. The van der Waals surface area contributed by atoms with Gasteiger partial charge in [-0.25, -0.2) is 4.79 Å². The van der Waals surface area contributed by atoms with Crippen LogP contribution in [-0.4, -0.2) is 38.8 Å². The van der Waals surface area contributed by atoms with Crippen LogP contribution in [0.2, 0.25) is 18.1 Å². The van der Waals surface area contributed by atoms with E-state index in [0.717, 1.165) is 0 Å². The minimum absolute atomic E-state index is 0.0320. The van der Waals surface area contributed by atoms with Crippen molar-refractivity contribution < 1.29 is 18.7 Å². The van der Waals surface area contributed by atoms with Crippen molar-refractivity contribution in [1.82, 2.24) is 0 Å². The molecule has 4 atom stereocenters. The number of nitrogens with zero attached hydrogens (tertiary/aromatic N) is 3. The molecule has 1 aromatic carbocycles. The maximum Gasteiger partial charge on any atom is 0.338 e. The highest BCUT2D eigenvalue weighted by atomic mass is 28.4. The Morgan fingerprint density at radius 1 is 1.30 bits per heavy atom. The van der Waals surface area contributed by atoms with E-state index in [1.54, 1.807) is 24.3 Å². The lowest BCUT2D eigenvalue weighted by Gasteiger charge is -2.44. The first kappa shape index (κ1) is 21.4. The van der Waals surface area contributed by atoms with Crippen molar-refractivity contribution in [2.24, 2.45) is 5.11 Å². The van der Waals surface area contributed by atoms with Crippen molar-refractivity contribution in [1.29, 1.82) is 0 Å². The summed E-state index contributed by atoms with van der Waals surface area (Å²) in [6.45, 7) is 12.6. The summed E-state index contributed by atoms with van der Waals surface area (Å²) in [6.07, 6.45) is -1.24. The molecule has 0 unspecified atom stereocenters. The molecule has 0 aromatic heterocycles. The van der Waals surface area contributed by atoms with Crippen LogP contribution < -0.4 is 0 Å². The topological polar surface area (TPSA) is 93.5 Å².